The number of benzene rings is 1. The van der Waals surface area contributed by atoms with E-state index in [9.17, 15) is 23.6 Å². The van der Waals surface area contributed by atoms with Crippen LogP contribution in [0.25, 0.3) is 21.1 Å². The summed E-state index contributed by atoms with van der Waals surface area (Å²) in [4.78, 5) is 67.5. The van der Waals surface area contributed by atoms with E-state index in [4.69, 9.17) is 14.0 Å². The van der Waals surface area contributed by atoms with Gasteiger partial charge >= 0.3 is 0 Å². The van der Waals surface area contributed by atoms with Crippen molar-refractivity contribution < 1.29 is 37.6 Å². The number of aromatic nitrogens is 3. The van der Waals surface area contributed by atoms with E-state index in [1.165, 1.54) is 12.1 Å². The third kappa shape index (κ3) is 11.0. The van der Waals surface area contributed by atoms with Crippen LogP contribution in [0.1, 0.15) is 81.0 Å². The van der Waals surface area contributed by atoms with Crippen molar-refractivity contribution in [1.82, 2.24) is 44.9 Å². The van der Waals surface area contributed by atoms with E-state index < -0.39 is 17.9 Å². The molecular weight excluding hydrogens is 901 g/mol. The lowest BCUT2D eigenvalue weighted by Crippen LogP contribution is -2.59. The van der Waals surface area contributed by atoms with Gasteiger partial charge in [0.15, 0.2) is 5.76 Å². The summed E-state index contributed by atoms with van der Waals surface area (Å²) >= 11 is 1.64. The van der Waals surface area contributed by atoms with Gasteiger partial charge < -0.3 is 43.9 Å². The number of nitrogens with zero attached hydrogens (tertiary/aromatic N) is 7. The van der Waals surface area contributed by atoms with Crippen LogP contribution in [0.15, 0.2) is 58.6 Å². The van der Waals surface area contributed by atoms with Gasteiger partial charge in [0.05, 0.1) is 28.8 Å². The van der Waals surface area contributed by atoms with Crippen molar-refractivity contribution in [1.29, 1.82) is 0 Å². The summed E-state index contributed by atoms with van der Waals surface area (Å²) in [7, 11) is 1.72. The van der Waals surface area contributed by atoms with Gasteiger partial charge in [-0.2, -0.15) is 0 Å². The number of pyridine rings is 1. The fourth-order valence-corrected chi connectivity index (χ4v) is 10.9. The molecule has 0 radical (unpaired) electrons. The van der Waals surface area contributed by atoms with Crippen LogP contribution in [-0.2, 0) is 27.5 Å². The van der Waals surface area contributed by atoms with Gasteiger partial charge in [-0.25, -0.2) is 4.39 Å². The van der Waals surface area contributed by atoms with Gasteiger partial charge in [0.25, 0.3) is 11.8 Å². The minimum absolute atomic E-state index is 0. The van der Waals surface area contributed by atoms with Crippen molar-refractivity contribution in [3.8, 4) is 11.6 Å². The number of hydrogen-bond donors (Lipinski definition) is 2. The first-order valence-electron chi connectivity index (χ1n) is 23.6. The summed E-state index contributed by atoms with van der Waals surface area (Å²) in [6.45, 7) is 5.92. The molecule has 1 aliphatic carbocycles. The molecule has 7 heterocycles. The summed E-state index contributed by atoms with van der Waals surface area (Å²) in [6, 6.07) is 10.5. The van der Waals surface area contributed by atoms with Crippen molar-refractivity contribution in [3.05, 3.63) is 71.3 Å². The molecule has 4 amide bonds. The molecule has 1 saturated carbocycles. The Bertz CT molecular complexity index is 2510. The minimum atomic E-state index is -0.621. The van der Waals surface area contributed by atoms with E-state index in [2.05, 4.69) is 25.7 Å². The number of piperidine rings is 1. The Hall–Kier alpha value is -5.30. The third-order valence-electron chi connectivity index (χ3n) is 13.9. The molecule has 9 rings (SSSR count). The van der Waals surface area contributed by atoms with E-state index in [1.54, 1.807) is 62.9 Å². The fourth-order valence-electron chi connectivity index (χ4n) is 10.0. The maximum atomic E-state index is 14.5. The predicted molar refractivity (Wildman–Crippen MR) is 254 cm³/mol. The van der Waals surface area contributed by atoms with Crippen LogP contribution in [0.3, 0.4) is 0 Å². The highest BCUT2D eigenvalue weighted by atomic mass is 35.5. The van der Waals surface area contributed by atoms with Gasteiger partial charge in [-0.05, 0) is 105 Å². The zero-order valence-electron chi connectivity index (χ0n) is 38.2. The fraction of sp³-hybridized carbons (Fsp3) is 0.542. The predicted octanol–water partition coefficient (Wildman–Crippen LogP) is 5.87. The van der Waals surface area contributed by atoms with Gasteiger partial charge in [0.1, 0.15) is 42.6 Å². The van der Waals surface area contributed by atoms with Crippen LogP contribution in [-0.4, -0.2) is 142 Å². The number of hydrogen-bond acceptors (Lipinski definition) is 12. The SMILES string of the molecule is CN[C@@H](C)C(=O)N[C@H](C(=O)N1CCN(C(=O)c2cc3cc(F)ccc3n2CC(=O)N2CCC[C@H]2COc2cc(CN3CCC(Oc4ccnc5ccsc45)CC3)on2)CC1)C1CCCCC1.Cl. The Labute approximate surface area is 399 Å². The van der Waals surface area contributed by atoms with Gasteiger partial charge in [0, 0.05) is 69.0 Å². The second kappa shape index (κ2) is 21.8. The summed E-state index contributed by atoms with van der Waals surface area (Å²) in [6.07, 6.45) is 10.2. The molecule has 0 unspecified atom stereocenters. The second-order valence-electron chi connectivity index (χ2n) is 18.2. The lowest BCUT2D eigenvalue weighted by Gasteiger charge is -2.39. The monoisotopic (exact) mass is 961 g/mol. The number of halogens is 2. The van der Waals surface area contributed by atoms with E-state index in [1.807, 2.05) is 23.6 Å². The number of fused-ring (bicyclic) bond motifs is 2. The summed E-state index contributed by atoms with van der Waals surface area (Å²) in [5.41, 5.74) is 1.82. The molecule has 360 valence electrons. The smallest absolute Gasteiger partial charge is 0.270 e. The summed E-state index contributed by atoms with van der Waals surface area (Å²) < 4.78 is 35.5. The number of likely N-dealkylation sites (tertiary alicyclic amines) is 2. The molecule has 5 aromatic rings. The zero-order valence-corrected chi connectivity index (χ0v) is 39.8. The number of rotatable bonds is 15. The molecule has 4 aromatic heterocycles. The molecule has 16 nitrogen and oxygen atoms in total. The highest BCUT2D eigenvalue weighted by Crippen LogP contribution is 2.32. The zero-order chi connectivity index (χ0) is 45.7. The first-order valence-corrected chi connectivity index (χ1v) is 24.4. The van der Waals surface area contributed by atoms with Crippen LogP contribution in [0.4, 0.5) is 4.39 Å². The number of piperazine rings is 1. The molecule has 0 bridgehead atoms. The molecule has 3 atom stereocenters. The molecule has 19 heteroatoms. The quantitative estimate of drug-likeness (QED) is 0.129. The topological polar surface area (TPSA) is 168 Å². The molecule has 4 aliphatic rings. The largest absolute Gasteiger partial charge is 0.489 e. The molecular formula is C48H61ClFN9O7S. The molecule has 67 heavy (non-hydrogen) atoms. The van der Waals surface area contributed by atoms with E-state index in [0.717, 1.165) is 86.8 Å². The third-order valence-corrected chi connectivity index (χ3v) is 14.9. The maximum Gasteiger partial charge on any atom is 0.270 e. The van der Waals surface area contributed by atoms with Gasteiger partial charge in [-0.1, -0.05) is 19.3 Å². The number of nitrogens with one attached hydrogen (secondary N) is 2. The Morgan fingerprint density at radius 3 is 2.46 bits per heavy atom. The average molecular weight is 963 g/mol. The van der Waals surface area contributed by atoms with Crippen LogP contribution >= 0.6 is 23.7 Å². The molecule has 3 saturated heterocycles. The molecule has 4 fully saturated rings. The van der Waals surface area contributed by atoms with Crippen molar-refractivity contribution >= 4 is 68.5 Å². The Balaban J connectivity index is 0.00000608. The van der Waals surface area contributed by atoms with E-state index in [0.29, 0.717) is 48.7 Å². The molecule has 0 spiro atoms. The van der Waals surface area contributed by atoms with E-state index >= 15 is 0 Å². The number of thiophene rings is 1. The number of carbonyl (C=O) groups is 4. The molecule has 3 aliphatic heterocycles. The lowest BCUT2D eigenvalue weighted by molar-refractivity contribution is -0.140. The van der Waals surface area contributed by atoms with Crippen LogP contribution in [0.2, 0.25) is 0 Å². The average Bonchev–Trinajstić information content (AvgIpc) is 4.18. The second-order valence-corrected chi connectivity index (χ2v) is 19.1. The summed E-state index contributed by atoms with van der Waals surface area (Å²) in [5.74, 6) is 0.785. The molecule has 2 N–H and O–H groups in total. The number of amides is 4. The maximum absolute atomic E-state index is 14.5. The highest BCUT2D eigenvalue weighted by Gasteiger charge is 2.37. The van der Waals surface area contributed by atoms with Crippen molar-refractivity contribution in [3.63, 3.8) is 0 Å². The van der Waals surface area contributed by atoms with Crippen LogP contribution < -0.4 is 20.1 Å². The highest BCUT2D eigenvalue weighted by molar-refractivity contribution is 7.17. The van der Waals surface area contributed by atoms with E-state index in [-0.39, 0.29) is 86.0 Å². The lowest BCUT2D eigenvalue weighted by atomic mass is 9.83. The normalized spacial score (nSPS) is 19.6. The Morgan fingerprint density at radius 2 is 1.69 bits per heavy atom. The van der Waals surface area contributed by atoms with Gasteiger partial charge in [0.2, 0.25) is 17.7 Å². The number of ether oxygens (including phenoxy) is 2. The first-order chi connectivity index (χ1) is 32.1. The molecule has 1 aromatic carbocycles. The van der Waals surface area contributed by atoms with Crippen molar-refractivity contribution in [2.24, 2.45) is 5.92 Å². The standard InChI is InChI=1S/C48H60FN9O7S.ClH/c1-31(50-2)46(60)52-44(32-7-4-3-5-8-32)48(62)56-22-20-55(21-23-56)47(61)40-26-33-25-34(49)10-11-39(33)58(40)29-43(59)57-17-6-9-35(57)30-63-42-27-37(65-53-42)28-54-18-13-36(14-19-54)64-41-12-16-51-38-15-24-66-45(38)41;/h10-12,15-16,24-27,31-32,35-36,44,50H,3-9,13-14,17-23,28-30H2,1-2H3,(H,52,60);1H/t31-,35-,44-;/m0./s1. The minimum Gasteiger partial charge on any atom is -0.489 e. The Morgan fingerprint density at radius 1 is 0.910 bits per heavy atom. The first kappa shape index (κ1) is 48.2. The van der Waals surface area contributed by atoms with Gasteiger partial charge in [-0.3, -0.25) is 29.1 Å². The summed E-state index contributed by atoms with van der Waals surface area (Å²) in [5, 5.41) is 12.7. The Kier molecular flexibility index (Phi) is 15.6. The number of likely N-dealkylation sites (N-methyl/N-ethyl adjacent to an activating group) is 1. The van der Waals surface area contributed by atoms with Crippen molar-refractivity contribution in [2.45, 2.75) is 102 Å². The number of carbonyl (C=O) groups excluding carboxylic acids is 4. The van der Waals surface area contributed by atoms with Crippen molar-refractivity contribution in [2.75, 3.05) is 59.5 Å². The van der Waals surface area contributed by atoms with Crippen LogP contribution in [0, 0.1) is 11.7 Å². The van der Waals surface area contributed by atoms with Gasteiger partial charge in [-0.15, -0.1) is 23.7 Å². The van der Waals surface area contributed by atoms with Crippen LogP contribution in [0.5, 0.6) is 11.6 Å².